The second-order valence-electron chi connectivity index (χ2n) is 6.96. The van der Waals surface area contributed by atoms with Crippen molar-refractivity contribution in [2.45, 2.75) is 71.0 Å². The molecule has 0 aliphatic heterocycles. The standard InChI is InChI=1S/C18H30O3Si/c1-13(2)22(14(3)4,15(5)6)21-17-9-7-8-16(12-17)10-11-18(19)20/h7-9,12-15H,10-11H2,1-6H3,(H,19,20). The van der Waals surface area contributed by atoms with Crippen molar-refractivity contribution in [1.29, 1.82) is 0 Å². The minimum absolute atomic E-state index is 0.157. The van der Waals surface area contributed by atoms with Gasteiger partial charge in [0.15, 0.2) is 0 Å². The number of rotatable bonds is 8. The van der Waals surface area contributed by atoms with Crippen molar-refractivity contribution in [3.63, 3.8) is 0 Å². The zero-order valence-corrected chi connectivity index (χ0v) is 15.7. The third-order valence-corrected chi connectivity index (χ3v) is 10.5. The predicted molar refractivity (Wildman–Crippen MR) is 94.1 cm³/mol. The molecule has 1 aromatic carbocycles. The monoisotopic (exact) mass is 322 g/mol. The van der Waals surface area contributed by atoms with E-state index in [0.29, 0.717) is 23.0 Å². The molecule has 0 bridgehead atoms. The summed E-state index contributed by atoms with van der Waals surface area (Å²) in [5, 5.41) is 8.82. The van der Waals surface area contributed by atoms with Crippen molar-refractivity contribution in [1.82, 2.24) is 0 Å². The van der Waals surface area contributed by atoms with E-state index in [1.54, 1.807) is 0 Å². The number of carbonyl (C=O) groups is 1. The van der Waals surface area contributed by atoms with Crippen molar-refractivity contribution in [3.8, 4) is 5.75 Å². The highest BCUT2D eigenvalue weighted by Gasteiger charge is 2.46. The van der Waals surface area contributed by atoms with Crippen LogP contribution in [0.4, 0.5) is 0 Å². The molecule has 22 heavy (non-hydrogen) atoms. The average Bonchev–Trinajstić information content (AvgIpc) is 2.41. The first kappa shape index (κ1) is 18.8. The fourth-order valence-corrected chi connectivity index (χ4v) is 8.82. The molecule has 0 aromatic heterocycles. The van der Waals surface area contributed by atoms with Gasteiger partial charge in [-0.05, 0) is 40.7 Å². The fraction of sp³-hybridized carbons (Fsp3) is 0.611. The van der Waals surface area contributed by atoms with Crippen LogP contribution in [0.1, 0.15) is 53.5 Å². The first-order valence-corrected chi connectivity index (χ1v) is 10.3. The van der Waals surface area contributed by atoms with E-state index in [1.807, 2.05) is 24.3 Å². The molecule has 0 saturated carbocycles. The summed E-state index contributed by atoms with van der Waals surface area (Å²) in [6.45, 7) is 13.6. The number of carboxylic acid groups (broad SMARTS) is 1. The molecular formula is C18H30O3Si. The molecule has 1 aromatic rings. The zero-order chi connectivity index (χ0) is 16.9. The van der Waals surface area contributed by atoms with Crippen molar-refractivity contribution in [2.24, 2.45) is 0 Å². The van der Waals surface area contributed by atoms with E-state index in [-0.39, 0.29) is 6.42 Å². The fourth-order valence-electron chi connectivity index (χ4n) is 3.57. The normalized spacial score (nSPS) is 12.2. The van der Waals surface area contributed by atoms with Crippen LogP contribution in [-0.2, 0) is 11.2 Å². The smallest absolute Gasteiger partial charge is 0.303 e. The van der Waals surface area contributed by atoms with Gasteiger partial charge in [-0.3, -0.25) is 4.79 Å². The number of aryl methyl sites for hydroxylation is 1. The molecule has 4 heteroatoms. The van der Waals surface area contributed by atoms with Gasteiger partial charge in [0.2, 0.25) is 0 Å². The number of aliphatic carboxylic acids is 1. The number of hydrogen-bond acceptors (Lipinski definition) is 2. The topological polar surface area (TPSA) is 46.5 Å². The van der Waals surface area contributed by atoms with E-state index in [4.69, 9.17) is 9.53 Å². The Labute approximate surface area is 135 Å². The van der Waals surface area contributed by atoms with Crippen molar-refractivity contribution < 1.29 is 14.3 Å². The van der Waals surface area contributed by atoms with Crippen molar-refractivity contribution in [2.75, 3.05) is 0 Å². The molecule has 0 aliphatic rings. The molecule has 0 unspecified atom stereocenters. The Balaban J connectivity index is 3.04. The van der Waals surface area contributed by atoms with Gasteiger partial charge in [0.05, 0.1) is 0 Å². The van der Waals surface area contributed by atoms with Gasteiger partial charge in [0, 0.05) is 6.42 Å². The van der Waals surface area contributed by atoms with Gasteiger partial charge >= 0.3 is 5.97 Å². The van der Waals surface area contributed by atoms with Crippen LogP contribution in [0.3, 0.4) is 0 Å². The van der Waals surface area contributed by atoms with Crippen LogP contribution in [0.2, 0.25) is 16.6 Å². The van der Waals surface area contributed by atoms with Crippen molar-refractivity contribution >= 4 is 14.3 Å². The van der Waals surface area contributed by atoms with E-state index in [1.165, 1.54) is 0 Å². The van der Waals surface area contributed by atoms with Gasteiger partial charge < -0.3 is 9.53 Å². The highest BCUT2D eigenvalue weighted by molar-refractivity contribution is 6.78. The van der Waals surface area contributed by atoms with Crippen LogP contribution >= 0.6 is 0 Å². The number of hydrogen-bond donors (Lipinski definition) is 1. The third kappa shape index (κ3) is 4.35. The summed E-state index contributed by atoms with van der Waals surface area (Å²) in [6.07, 6.45) is 0.705. The lowest BCUT2D eigenvalue weighted by Crippen LogP contribution is -2.50. The summed E-state index contributed by atoms with van der Waals surface area (Å²) in [4.78, 5) is 10.7. The summed E-state index contributed by atoms with van der Waals surface area (Å²) in [7, 11) is -1.95. The highest BCUT2D eigenvalue weighted by Crippen LogP contribution is 2.42. The Morgan fingerprint density at radius 3 is 2.09 bits per heavy atom. The lowest BCUT2D eigenvalue weighted by Gasteiger charge is -2.42. The van der Waals surface area contributed by atoms with Gasteiger partial charge in [0.25, 0.3) is 8.32 Å². The zero-order valence-electron chi connectivity index (χ0n) is 14.7. The minimum Gasteiger partial charge on any atom is -0.543 e. The Kier molecular flexibility index (Phi) is 6.66. The summed E-state index contributed by atoms with van der Waals surface area (Å²) < 4.78 is 6.63. The number of benzene rings is 1. The average molecular weight is 323 g/mol. The van der Waals surface area contributed by atoms with Gasteiger partial charge in [-0.1, -0.05) is 53.7 Å². The number of carboxylic acids is 1. The second kappa shape index (κ2) is 7.81. The molecule has 0 saturated heterocycles. The highest BCUT2D eigenvalue weighted by atomic mass is 28.4. The molecule has 124 valence electrons. The molecule has 0 fully saturated rings. The van der Waals surface area contributed by atoms with Gasteiger partial charge in [-0.15, -0.1) is 0 Å². The van der Waals surface area contributed by atoms with Crippen LogP contribution in [-0.4, -0.2) is 19.4 Å². The van der Waals surface area contributed by atoms with E-state index in [9.17, 15) is 4.79 Å². The maximum Gasteiger partial charge on any atom is 0.303 e. The summed E-state index contributed by atoms with van der Waals surface area (Å²) in [5.41, 5.74) is 2.60. The molecule has 1 rings (SSSR count). The molecular weight excluding hydrogens is 292 g/mol. The van der Waals surface area contributed by atoms with Crippen molar-refractivity contribution in [3.05, 3.63) is 29.8 Å². The van der Waals surface area contributed by atoms with Crippen LogP contribution in [0, 0.1) is 0 Å². The van der Waals surface area contributed by atoms with Crippen LogP contribution in [0.15, 0.2) is 24.3 Å². The maximum absolute atomic E-state index is 10.7. The quantitative estimate of drug-likeness (QED) is 0.664. The first-order chi connectivity index (χ1) is 10.2. The Morgan fingerprint density at radius 2 is 1.64 bits per heavy atom. The molecule has 0 atom stereocenters. The van der Waals surface area contributed by atoms with Gasteiger partial charge in [0.1, 0.15) is 5.75 Å². The SMILES string of the molecule is CC(C)[Si](Oc1cccc(CCC(=O)O)c1)(C(C)C)C(C)C. The molecule has 3 nitrogen and oxygen atoms in total. The molecule has 0 aliphatic carbocycles. The first-order valence-electron chi connectivity index (χ1n) is 8.19. The van der Waals surface area contributed by atoms with E-state index < -0.39 is 14.3 Å². The lowest BCUT2D eigenvalue weighted by atomic mass is 10.1. The Morgan fingerprint density at radius 1 is 1.09 bits per heavy atom. The van der Waals surface area contributed by atoms with E-state index >= 15 is 0 Å². The van der Waals surface area contributed by atoms with Gasteiger partial charge in [-0.2, -0.15) is 0 Å². The Hall–Kier alpha value is -1.29. The lowest BCUT2D eigenvalue weighted by molar-refractivity contribution is -0.136. The third-order valence-electron chi connectivity index (χ3n) is 4.53. The summed E-state index contributed by atoms with van der Waals surface area (Å²) in [5.74, 6) is 0.132. The summed E-state index contributed by atoms with van der Waals surface area (Å²) in [6, 6.07) is 7.95. The van der Waals surface area contributed by atoms with Crippen LogP contribution in [0.25, 0.3) is 0 Å². The molecule has 0 spiro atoms. The Bertz CT molecular complexity index is 473. The maximum atomic E-state index is 10.7. The van der Waals surface area contributed by atoms with E-state index in [0.717, 1.165) is 11.3 Å². The molecule has 0 heterocycles. The minimum atomic E-state index is -1.95. The molecule has 0 radical (unpaired) electrons. The summed E-state index contributed by atoms with van der Waals surface area (Å²) >= 11 is 0. The second-order valence-corrected chi connectivity index (χ2v) is 12.3. The largest absolute Gasteiger partial charge is 0.543 e. The van der Waals surface area contributed by atoms with Crippen LogP contribution in [0.5, 0.6) is 5.75 Å². The predicted octanol–water partition coefficient (Wildman–Crippen LogP) is 5.26. The molecule has 0 amide bonds. The van der Waals surface area contributed by atoms with E-state index in [2.05, 4.69) is 41.5 Å². The van der Waals surface area contributed by atoms with Gasteiger partial charge in [-0.25, -0.2) is 0 Å². The molecule has 1 N–H and O–H groups in total. The van der Waals surface area contributed by atoms with Crippen LogP contribution < -0.4 is 4.43 Å².